The van der Waals surface area contributed by atoms with Crippen molar-refractivity contribution < 1.29 is 4.79 Å². The molecule has 1 fully saturated rings. The van der Waals surface area contributed by atoms with Crippen LogP contribution in [0.3, 0.4) is 0 Å². The van der Waals surface area contributed by atoms with E-state index in [0.29, 0.717) is 6.04 Å². The standard InChI is InChI=1S/C13H21N3OS/c1-8(16(4)11-5-6-11)7-14-13-12(10(3)17)9(2)15-18-13/h8,11,14H,5-7H2,1-4H3. The monoisotopic (exact) mass is 267 g/mol. The molecule has 0 spiro atoms. The summed E-state index contributed by atoms with van der Waals surface area (Å²) in [6.45, 7) is 6.56. The van der Waals surface area contributed by atoms with Crippen molar-refractivity contribution in [1.82, 2.24) is 9.27 Å². The van der Waals surface area contributed by atoms with Crippen molar-refractivity contribution in [2.24, 2.45) is 0 Å². The SMILES string of the molecule is CC(=O)c1c(C)nsc1NCC(C)N(C)C1CC1. The molecule has 0 aromatic carbocycles. The third kappa shape index (κ3) is 2.90. The van der Waals surface area contributed by atoms with Crippen LogP contribution < -0.4 is 5.32 Å². The lowest BCUT2D eigenvalue weighted by Crippen LogP contribution is -2.36. The van der Waals surface area contributed by atoms with E-state index in [1.54, 1.807) is 6.92 Å². The van der Waals surface area contributed by atoms with E-state index in [-0.39, 0.29) is 5.78 Å². The zero-order valence-corrected chi connectivity index (χ0v) is 12.3. The van der Waals surface area contributed by atoms with Gasteiger partial charge in [0.15, 0.2) is 5.78 Å². The van der Waals surface area contributed by atoms with Crippen molar-refractivity contribution in [2.75, 3.05) is 18.9 Å². The predicted molar refractivity (Wildman–Crippen MR) is 75.6 cm³/mol. The molecule has 1 saturated carbocycles. The van der Waals surface area contributed by atoms with E-state index in [0.717, 1.165) is 28.8 Å². The van der Waals surface area contributed by atoms with Crippen molar-refractivity contribution in [3.63, 3.8) is 0 Å². The smallest absolute Gasteiger partial charge is 0.164 e. The largest absolute Gasteiger partial charge is 0.374 e. The number of nitrogens with one attached hydrogen (secondary N) is 1. The average Bonchev–Trinajstić information content (AvgIpc) is 3.09. The number of aryl methyl sites for hydroxylation is 1. The number of nitrogens with zero attached hydrogens (tertiary/aromatic N) is 2. The molecule has 1 atom stereocenters. The predicted octanol–water partition coefficient (Wildman–Crippen LogP) is 2.55. The molecule has 5 heteroatoms. The number of carbonyl (C=O) groups excluding carboxylic acids is 1. The first-order valence-electron chi connectivity index (χ1n) is 6.43. The highest BCUT2D eigenvalue weighted by molar-refractivity contribution is 7.10. The third-order valence-corrected chi connectivity index (χ3v) is 4.49. The Morgan fingerprint density at radius 3 is 2.83 bits per heavy atom. The molecule has 1 N–H and O–H groups in total. The van der Waals surface area contributed by atoms with Gasteiger partial charge in [0.25, 0.3) is 0 Å². The van der Waals surface area contributed by atoms with Crippen LogP contribution in [0, 0.1) is 6.92 Å². The van der Waals surface area contributed by atoms with Crippen LogP contribution in [-0.2, 0) is 0 Å². The molecule has 18 heavy (non-hydrogen) atoms. The normalized spacial score (nSPS) is 16.9. The van der Waals surface area contributed by atoms with Crippen molar-refractivity contribution in [1.29, 1.82) is 0 Å². The Bertz CT molecular complexity index is 439. The van der Waals surface area contributed by atoms with E-state index in [4.69, 9.17) is 0 Å². The van der Waals surface area contributed by atoms with Crippen LogP contribution in [0.2, 0.25) is 0 Å². The Morgan fingerprint density at radius 1 is 1.61 bits per heavy atom. The van der Waals surface area contributed by atoms with Gasteiger partial charge < -0.3 is 5.32 Å². The van der Waals surface area contributed by atoms with Gasteiger partial charge in [0.05, 0.1) is 11.3 Å². The molecular formula is C13H21N3OS. The summed E-state index contributed by atoms with van der Waals surface area (Å²) in [5.74, 6) is 0.0898. The maximum Gasteiger partial charge on any atom is 0.164 e. The lowest BCUT2D eigenvalue weighted by Gasteiger charge is -2.24. The molecule has 0 saturated heterocycles. The van der Waals surface area contributed by atoms with Gasteiger partial charge in [-0.05, 0) is 52.2 Å². The van der Waals surface area contributed by atoms with Gasteiger partial charge in [-0.15, -0.1) is 0 Å². The molecule has 2 rings (SSSR count). The number of carbonyl (C=O) groups is 1. The number of aromatic nitrogens is 1. The minimum atomic E-state index is 0.0898. The Kier molecular flexibility index (Phi) is 4.02. The van der Waals surface area contributed by atoms with Gasteiger partial charge in [0.2, 0.25) is 0 Å². The Labute approximate surface area is 113 Å². The second kappa shape index (κ2) is 5.36. The van der Waals surface area contributed by atoms with Gasteiger partial charge >= 0.3 is 0 Å². The van der Waals surface area contributed by atoms with Crippen molar-refractivity contribution in [2.45, 2.75) is 45.7 Å². The molecule has 0 radical (unpaired) electrons. The molecule has 0 amide bonds. The summed E-state index contributed by atoms with van der Waals surface area (Å²) in [5.41, 5.74) is 1.58. The van der Waals surface area contributed by atoms with E-state index < -0.39 is 0 Å². The summed E-state index contributed by atoms with van der Waals surface area (Å²) >= 11 is 1.38. The highest BCUT2D eigenvalue weighted by Gasteiger charge is 2.29. The number of rotatable bonds is 6. The van der Waals surface area contributed by atoms with Gasteiger partial charge in [-0.1, -0.05) is 0 Å². The third-order valence-electron chi connectivity index (χ3n) is 3.59. The molecule has 1 heterocycles. The summed E-state index contributed by atoms with van der Waals surface area (Å²) in [6, 6.07) is 1.23. The van der Waals surface area contributed by atoms with Crippen LogP contribution in [0.1, 0.15) is 42.7 Å². The average molecular weight is 267 g/mol. The summed E-state index contributed by atoms with van der Waals surface area (Å²) < 4.78 is 4.25. The van der Waals surface area contributed by atoms with Crippen LogP contribution in [0.25, 0.3) is 0 Å². The number of ketones is 1. The van der Waals surface area contributed by atoms with Crippen LogP contribution in [0.4, 0.5) is 5.00 Å². The minimum Gasteiger partial charge on any atom is -0.374 e. The topological polar surface area (TPSA) is 45.2 Å². The summed E-state index contributed by atoms with van der Waals surface area (Å²) in [4.78, 5) is 14.0. The Hall–Kier alpha value is -0.940. The molecule has 0 aliphatic heterocycles. The molecular weight excluding hydrogens is 246 g/mol. The second-order valence-electron chi connectivity index (χ2n) is 5.15. The number of hydrogen-bond donors (Lipinski definition) is 1. The number of hydrogen-bond acceptors (Lipinski definition) is 5. The first-order valence-corrected chi connectivity index (χ1v) is 7.21. The molecule has 1 aliphatic rings. The maximum absolute atomic E-state index is 11.6. The van der Waals surface area contributed by atoms with Gasteiger partial charge in [0, 0.05) is 18.6 Å². The van der Waals surface area contributed by atoms with E-state index >= 15 is 0 Å². The van der Waals surface area contributed by atoms with Gasteiger partial charge in [0.1, 0.15) is 5.00 Å². The highest BCUT2D eigenvalue weighted by Crippen LogP contribution is 2.28. The Balaban J connectivity index is 1.95. The van der Waals surface area contributed by atoms with Gasteiger partial charge in [-0.25, -0.2) is 0 Å². The molecule has 1 aliphatic carbocycles. The van der Waals surface area contributed by atoms with E-state index in [1.807, 2.05) is 6.92 Å². The van der Waals surface area contributed by atoms with Gasteiger partial charge in [-0.3, -0.25) is 9.69 Å². The fourth-order valence-corrected chi connectivity index (χ4v) is 2.98. The van der Waals surface area contributed by atoms with Crippen molar-refractivity contribution >= 4 is 22.3 Å². The fourth-order valence-electron chi connectivity index (χ4n) is 2.13. The summed E-state index contributed by atoms with van der Waals surface area (Å²) in [6.07, 6.45) is 2.64. The number of Topliss-reactive ketones (excluding diaryl/α,β-unsaturated/α-hetero) is 1. The maximum atomic E-state index is 11.6. The van der Waals surface area contributed by atoms with E-state index in [1.165, 1.54) is 24.4 Å². The van der Waals surface area contributed by atoms with Crippen molar-refractivity contribution in [3.05, 3.63) is 11.3 Å². The first-order chi connectivity index (χ1) is 8.50. The molecule has 0 bridgehead atoms. The zero-order chi connectivity index (χ0) is 13.3. The quantitative estimate of drug-likeness (QED) is 0.805. The highest BCUT2D eigenvalue weighted by atomic mass is 32.1. The van der Waals surface area contributed by atoms with E-state index in [9.17, 15) is 4.79 Å². The summed E-state index contributed by atoms with van der Waals surface area (Å²) in [7, 11) is 2.17. The summed E-state index contributed by atoms with van der Waals surface area (Å²) in [5, 5.41) is 4.29. The Morgan fingerprint density at radius 2 is 2.28 bits per heavy atom. The second-order valence-corrected chi connectivity index (χ2v) is 5.93. The molecule has 4 nitrogen and oxygen atoms in total. The minimum absolute atomic E-state index is 0.0898. The zero-order valence-electron chi connectivity index (χ0n) is 11.5. The van der Waals surface area contributed by atoms with E-state index in [2.05, 4.69) is 28.6 Å². The van der Waals surface area contributed by atoms with Crippen LogP contribution >= 0.6 is 11.5 Å². The first kappa shape index (κ1) is 13.5. The van der Waals surface area contributed by atoms with Crippen molar-refractivity contribution in [3.8, 4) is 0 Å². The van der Waals surface area contributed by atoms with Gasteiger partial charge in [-0.2, -0.15) is 4.37 Å². The molecule has 1 unspecified atom stereocenters. The lowest BCUT2D eigenvalue weighted by atomic mass is 10.2. The fraction of sp³-hybridized carbons (Fsp3) is 0.692. The number of likely N-dealkylation sites (N-methyl/N-ethyl adjacent to an activating group) is 1. The molecule has 1 aromatic heterocycles. The lowest BCUT2D eigenvalue weighted by molar-refractivity contribution is 0.101. The molecule has 100 valence electrons. The molecule has 1 aromatic rings. The van der Waals surface area contributed by atoms with Crippen LogP contribution in [-0.4, -0.2) is 40.7 Å². The number of anilines is 1. The van der Waals surface area contributed by atoms with Crippen LogP contribution in [0.5, 0.6) is 0 Å². The van der Waals surface area contributed by atoms with Crippen LogP contribution in [0.15, 0.2) is 0 Å².